The Morgan fingerprint density at radius 2 is 2.00 bits per heavy atom. The Balaban J connectivity index is 1.92. The van der Waals surface area contributed by atoms with Crippen LogP contribution in [0.1, 0.15) is 53.8 Å². The van der Waals surface area contributed by atoms with E-state index >= 15 is 0 Å². The van der Waals surface area contributed by atoms with Crippen LogP contribution in [0.3, 0.4) is 0 Å². The van der Waals surface area contributed by atoms with Crippen molar-refractivity contribution in [3.8, 4) is 0 Å². The summed E-state index contributed by atoms with van der Waals surface area (Å²) in [5.41, 5.74) is -1.30. The third-order valence-corrected chi connectivity index (χ3v) is 5.11. The molecule has 2 aliphatic rings. The number of aryl methyl sites for hydroxylation is 1. The van der Waals surface area contributed by atoms with Gasteiger partial charge in [0, 0.05) is 6.54 Å². The van der Waals surface area contributed by atoms with E-state index in [2.05, 4.69) is 4.98 Å². The van der Waals surface area contributed by atoms with Crippen LogP contribution in [-0.4, -0.2) is 39.1 Å². The zero-order valence-electron chi connectivity index (χ0n) is 12.9. The topological polar surface area (TPSA) is 53.4 Å². The molecule has 2 fully saturated rings. The molecule has 1 aliphatic heterocycles. The first-order chi connectivity index (χ1) is 10.8. The van der Waals surface area contributed by atoms with E-state index in [4.69, 9.17) is 0 Å². The number of rotatable bonds is 1. The molecule has 1 aromatic rings. The minimum Gasteiger partial charge on any atom is -0.391 e. The second-order valence-electron chi connectivity index (χ2n) is 6.40. The van der Waals surface area contributed by atoms with Crippen LogP contribution in [0.2, 0.25) is 0 Å². The first-order valence-corrected chi connectivity index (χ1v) is 7.80. The summed E-state index contributed by atoms with van der Waals surface area (Å²) in [6.45, 7) is 1.84. The number of halogens is 3. The van der Waals surface area contributed by atoms with Crippen molar-refractivity contribution in [2.24, 2.45) is 0 Å². The fraction of sp³-hybridized carbons (Fsp3) is 0.625. The van der Waals surface area contributed by atoms with Crippen molar-refractivity contribution in [2.45, 2.75) is 56.8 Å². The summed E-state index contributed by atoms with van der Waals surface area (Å²) < 4.78 is 38.1. The standard InChI is InChI=1S/C16H19F3N2O2/c1-10-11(4-5-12(20-10)16(17,18)19)14(23)21-9-6-13(22)15(21)7-2-3-8-15/h4-5,13,22H,2-3,6-9H2,1H3. The third kappa shape index (κ3) is 2.60. The summed E-state index contributed by atoms with van der Waals surface area (Å²) in [4.78, 5) is 18.0. The molecule has 2 heterocycles. The number of pyridine rings is 1. The maximum absolute atomic E-state index is 12.8. The van der Waals surface area contributed by atoms with Gasteiger partial charge in [0.25, 0.3) is 5.91 Å². The maximum Gasteiger partial charge on any atom is 0.433 e. The van der Waals surface area contributed by atoms with Crippen LogP contribution >= 0.6 is 0 Å². The predicted molar refractivity (Wildman–Crippen MR) is 76.8 cm³/mol. The van der Waals surface area contributed by atoms with Crippen LogP contribution in [0.15, 0.2) is 12.1 Å². The molecule has 23 heavy (non-hydrogen) atoms. The van der Waals surface area contributed by atoms with E-state index in [1.807, 2.05) is 0 Å². The Morgan fingerprint density at radius 1 is 1.35 bits per heavy atom. The lowest BCUT2D eigenvalue weighted by Crippen LogP contribution is -2.51. The molecule has 1 spiro atoms. The minimum absolute atomic E-state index is 0.0689. The molecule has 4 nitrogen and oxygen atoms in total. The van der Waals surface area contributed by atoms with Crippen molar-refractivity contribution < 1.29 is 23.1 Å². The summed E-state index contributed by atoms with van der Waals surface area (Å²) in [6.07, 6.45) is -1.19. The van der Waals surface area contributed by atoms with E-state index in [9.17, 15) is 23.1 Å². The zero-order valence-corrected chi connectivity index (χ0v) is 12.9. The number of aromatic nitrogens is 1. The molecule has 1 atom stereocenters. The number of carbonyl (C=O) groups excluding carboxylic acids is 1. The van der Waals surface area contributed by atoms with Crippen molar-refractivity contribution in [1.82, 2.24) is 9.88 Å². The first kappa shape index (κ1) is 16.2. The number of aliphatic hydroxyl groups is 1. The molecule has 1 unspecified atom stereocenters. The largest absolute Gasteiger partial charge is 0.433 e. The minimum atomic E-state index is -4.52. The SMILES string of the molecule is Cc1nc(C(F)(F)F)ccc1C(=O)N1CCC(O)C12CCCC2. The van der Waals surface area contributed by atoms with Gasteiger partial charge in [0.2, 0.25) is 0 Å². The van der Waals surface area contributed by atoms with Crippen molar-refractivity contribution in [3.63, 3.8) is 0 Å². The van der Waals surface area contributed by atoms with Crippen molar-refractivity contribution in [2.75, 3.05) is 6.54 Å². The van der Waals surface area contributed by atoms with Gasteiger partial charge in [-0.25, -0.2) is 4.98 Å². The van der Waals surface area contributed by atoms with Gasteiger partial charge in [0.05, 0.1) is 22.9 Å². The molecule has 1 aromatic heterocycles. The third-order valence-electron chi connectivity index (χ3n) is 5.11. The molecule has 3 rings (SSSR count). The highest BCUT2D eigenvalue weighted by Crippen LogP contribution is 2.44. The van der Waals surface area contributed by atoms with Crippen LogP contribution in [0, 0.1) is 6.92 Å². The van der Waals surface area contributed by atoms with E-state index in [1.54, 1.807) is 4.90 Å². The van der Waals surface area contributed by atoms with Gasteiger partial charge in [-0.2, -0.15) is 13.2 Å². The van der Waals surface area contributed by atoms with Gasteiger partial charge in [-0.3, -0.25) is 4.79 Å². The van der Waals surface area contributed by atoms with Gasteiger partial charge in [-0.15, -0.1) is 0 Å². The quantitative estimate of drug-likeness (QED) is 0.862. The number of likely N-dealkylation sites (tertiary alicyclic amines) is 1. The number of hydrogen-bond acceptors (Lipinski definition) is 3. The highest BCUT2D eigenvalue weighted by Gasteiger charge is 2.51. The summed E-state index contributed by atoms with van der Waals surface area (Å²) in [7, 11) is 0. The number of hydrogen-bond donors (Lipinski definition) is 1. The fourth-order valence-corrected chi connectivity index (χ4v) is 3.91. The summed E-state index contributed by atoms with van der Waals surface area (Å²) in [6, 6.07) is 2.04. The lowest BCUT2D eigenvalue weighted by Gasteiger charge is -2.37. The van der Waals surface area contributed by atoms with Crippen LogP contribution in [0.5, 0.6) is 0 Å². The Bertz CT molecular complexity index is 624. The Morgan fingerprint density at radius 3 is 2.57 bits per heavy atom. The van der Waals surface area contributed by atoms with Crippen molar-refractivity contribution in [1.29, 1.82) is 0 Å². The van der Waals surface area contributed by atoms with Crippen LogP contribution in [0.25, 0.3) is 0 Å². The smallest absolute Gasteiger partial charge is 0.391 e. The Hall–Kier alpha value is -1.63. The highest BCUT2D eigenvalue weighted by molar-refractivity contribution is 5.96. The van der Waals surface area contributed by atoms with Gasteiger partial charge >= 0.3 is 6.18 Å². The van der Waals surface area contributed by atoms with E-state index in [-0.39, 0.29) is 17.2 Å². The lowest BCUT2D eigenvalue weighted by molar-refractivity contribution is -0.141. The van der Waals surface area contributed by atoms with Crippen LogP contribution in [-0.2, 0) is 6.18 Å². The molecule has 0 radical (unpaired) electrons. The number of aliphatic hydroxyl groups excluding tert-OH is 1. The van der Waals surface area contributed by atoms with E-state index in [0.29, 0.717) is 13.0 Å². The average molecular weight is 328 g/mol. The molecule has 7 heteroatoms. The molecule has 1 saturated heterocycles. The normalized spacial score (nSPS) is 23.7. The fourth-order valence-electron chi connectivity index (χ4n) is 3.91. The number of nitrogens with zero attached hydrogens (tertiary/aromatic N) is 2. The molecule has 1 saturated carbocycles. The first-order valence-electron chi connectivity index (χ1n) is 7.80. The van der Waals surface area contributed by atoms with Crippen molar-refractivity contribution >= 4 is 5.91 Å². The van der Waals surface area contributed by atoms with Gasteiger partial charge in [-0.05, 0) is 38.3 Å². The zero-order chi connectivity index (χ0) is 16.8. The molecular weight excluding hydrogens is 309 g/mol. The summed E-state index contributed by atoms with van der Waals surface area (Å²) >= 11 is 0. The second kappa shape index (κ2) is 5.47. The van der Waals surface area contributed by atoms with E-state index < -0.39 is 23.5 Å². The Labute approximate surface area is 132 Å². The number of amides is 1. The second-order valence-corrected chi connectivity index (χ2v) is 6.40. The molecule has 0 aromatic carbocycles. The van der Waals surface area contributed by atoms with E-state index in [1.165, 1.54) is 13.0 Å². The van der Waals surface area contributed by atoms with Crippen LogP contribution < -0.4 is 0 Å². The average Bonchev–Trinajstić information content (AvgIpc) is 3.07. The maximum atomic E-state index is 12.8. The van der Waals surface area contributed by atoms with Gasteiger partial charge in [-0.1, -0.05) is 12.8 Å². The van der Waals surface area contributed by atoms with E-state index in [0.717, 1.165) is 31.7 Å². The van der Waals surface area contributed by atoms with Crippen molar-refractivity contribution in [3.05, 3.63) is 29.1 Å². The van der Waals surface area contributed by atoms with Gasteiger partial charge < -0.3 is 10.0 Å². The molecule has 0 bridgehead atoms. The molecule has 1 amide bonds. The summed E-state index contributed by atoms with van der Waals surface area (Å²) in [5, 5.41) is 10.3. The molecule has 1 aliphatic carbocycles. The molecular formula is C16H19F3N2O2. The number of alkyl halides is 3. The predicted octanol–water partition coefficient (Wildman–Crippen LogP) is 2.93. The van der Waals surface area contributed by atoms with Gasteiger partial charge in [0.15, 0.2) is 0 Å². The lowest BCUT2D eigenvalue weighted by atomic mass is 9.91. The highest BCUT2D eigenvalue weighted by atomic mass is 19.4. The Kier molecular flexibility index (Phi) is 3.86. The van der Waals surface area contributed by atoms with Crippen LogP contribution in [0.4, 0.5) is 13.2 Å². The molecule has 126 valence electrons. The number of carbonyl (C=O) groups is 1. The van der Waals surface area contributed by atoms with Gasteiger partial charge in [0.1, 0.15) is 5.69 Å². The molecule has 1 N–H and O–H groups in total. The monoisotopic (exact) mass is 328 g/mol. The summed E-state index contributed by atoms with van der Waals surface area (Å²) in [5.74, 6) is -0.331.